The quantitative estimate of drug-likeness (QED) is 0.789. The van der Waals surface area contributed by atoms with E-state index in [4.69, 9.17) is 4.74 Å². The van der Waals surface area contributed by atoms with E-state index in [1.807, 2.05) is 35.7 Å². The third kappa shape index (κ3) is 4.07. The molecule has 24 heavy (non-hydrogen) atoms. The molecule has 1 aliphatic heterocycles. The summed E-state index contributed by atoms with van der Waals surface area (Å²) in [5, 5.41) is 4.43. The molecule has 1 aliphatic rings. The molecule has 2 heterocycles. The average Bonchev–Trinajstić information content (AvgIpc) is 2.99. The number of rotatable bonds is 5. The van der Waals surface area contributed by atoms with Crippen LogP contribution in [0.4, 0.5) is 0 Å². The third-order valence-electron chi connectivity index (χ3n) is 3.97. The molecule has 0 saturated heterocycles. The largest absolute Gasteiger partial charge is 0.493 e. The number of ether oxygens (including phenoxy) is 1. The highest BCUT2D eigenvalue weighted by atomic mass is 79.9. The summed E-state index contributed by atoms with van der Waals surface area (Å²) in [6, 6.07) is 9.58. The van der Waals surface area contributed by atoms with Gasteiger partial charge in [0, 0.05) is 22.8 Å². The van der Waals surface area contributed by atoms with Gasteiger partial charge in [0.2, 0.25) is 5.91 Å². The molecule has 1 aromatic carbocycles. The van der Waals surface area contributed by atoms with Gasteiger partial charge in [-0.3, -0.25) is 9.00 Å². The Morgan fingerprint density at radius 1 is 1.50 bits per heavy atom. The fourth-order valence-corrected chi connectivity index (χ4v) is 4.98. The molecular weight excluding hydrogens is 410 g/mol. The first-order valence-corrected chi connectivity index (χ1v) is 10.7. The Labute approximate surface area is 156 Å². The number of amides is 1. The number of para-hydroxylation sites is 1. The first-order chi connectivity index (χ1) is 11.5. The van der Waals surface area contributed by atoms with Crippen molar-refractivity contribution in [1.82, 2.24) is 5.32 Å². The van der Waals surface area contributed by atoms with E-state index in [2.05, 4.69) is 21.2 Å². The van der Waals surface area contributed by atoms with Crippen LogP contribution in [0.1, 0.15) is 30.5 Å². The highest BCUT2D eigenvalue weighted by molar-refractivity contribution is 9.11. The summed E-state index contributed by atoms with van der Waals surface area (Å²) >= 11 is 4.95. The Morgan fingerprint density at radius 3 is 3.04 bits per heavy atom. The standard InChI is InChI=1S/C17H18BrNO3S2/c1-11(24(21)10-12-8-16(18)23-9-12)17(20)19-14-6-7-22-15-5-3-2-4-13(14)15/h2-5,8-9,11,14H,6-7,10H2,1H3,(H,19,20)/t11-,14-,24-/m1/s1. The maximum atomic E-state index is 12.5. The molecule has 1 aromatic heterocycles. The predicted octanol–water partition coefficient (Wildman–Crippen LogP) is 3.79. The Morgan fingerprint density at radius 2 is 2.29 bits per heavy atom. The lowest BCUT2D eigenvalue weighted by Gasteiger charge is -2.27. The predicted molar refractivity (Wildman–Crippen MR) is 101 cm³/mol. The first-order valence-electron chi connectivity index (χ1n) is 7.67. The minimum Gasteiger partial charge on any atom is -0.493 e. The van der Waals surface area contributed by atoms with Crippen molar-refractivity contribution in [3.05, 3.63) is 50.6 Å². The van der Waals surface area contributed by atoms with Crippen LogP contribution in [-0.4, -0.2) is 22.0 Å². The zero-order chi connectivity index (χ0) is 17.1. The minimum absolute atomic E-state index is 0.0859. The van der Waals surface area contributed by atoms with Gasteiger partial charge in [0.05, 0.1) is 22.2 Å². The number of hydrogen-bond acceptors (Lipinski definition) is 4. The smallest absolute Gasteiger partial charge is 0.235 e. The van der Waals surface area contributed by atoms with Crippen LogP contribution in [0.3, 0.4) is 0 Å². The van der Waals surface area contributed by atoms with Crippen molar-refractivity contribution in [2.45, 2.75) is 30.4 Å². The Hall–Kier alpha value is -1.18. The van der Waals surface area contributed by atoms with Gasteiger partial charge in [-0.25, -0.2) is 0 Å². The van der Waals surface area contributed by atoms with Gasteiger partial charge in [0.1, 0.15) is 11.0 Å². The molecule has 4 nitrogen and oxygen atoms in total. The second-order valence-electron chi connectivity index (χ2n) is 5.66. The lowest BCUT2D eigenvalue weighted by Crippen LogP contribution is -2.39. The summed E-state index contributed by atoms with van der Waals surface area (Å²) in [7, 11) is -1.25. The summed E-state index contributed by atoms with van der Waals surface area (Å²) in [6.45, 7) is 2.29. The van der Waals surface area contributed by atoms with Gasteiger partial charge in [0.15, 0.2) is 0 Å². The van der Waals surface area contributed by atoms with E-state index < -0.39 is 16.0 Å². The number of carbonyl (C=O) groups is 1. The number of benzene rings is 1. The van der Waals surface area contributed by atoms with Gasteiger partial charge < -0.3 is 10.1 Å². The first kappa shape index (κ1) is 17.6. The molecule has 0 unspecified atom stereocenters. The molecule has 3 rings (SSSR count). The van der Waals surface area contributed by atoms with E-state index in [9.17, 15) is 9.00 Å². The Kier molecular flexibility index (Phi) is 5.73. The fourth-order valence-electron chi connectivity index (χ4n) is 2.61. The maximum absolute atomic E-state index is 12.5. The molecule has 128 valence electrons. The van der Waals surface area contributed by atoms with Crippen molar-refractivity contribution < 1.29 is 13.7 Å². The van der Waals surface area contributed by atoms with Gasteiger partial charge in [-0.05, 0) is 45.9 Å². The third-order valence-corrected chi connectivity index (χ3v) is 7.14. The topological polar surface area (TPSA) is 55.4 Å². The van der Waals surface area contributed by atoms with E-state index in [1.165, 1.54) is 0 Å². The van der Waals surface area contributed by atoms with E-state index in [-0.39, 0.29) is 11.9 Å². The van der Waals surface area contributed by atoms with Crippen molar-refractivity contribution in [1.29, 1.82) is 0 Å². The molecule has 0 fully saturated rings. The number of nitrogens with one attached hydrogen (secondary N) is 1. The molecule has 0 spiro atoms. The van der Waals surface area contributed by atoms with Crippen LogP contribution in [0.15, 0.2) is 39.5 Å². The number of carbonyl (C=O) groups excluding carboxylic acids is 1. The van der Waals surface area contributed by atoms with Gasteiger partial charge in [0.25, 0.3) is 0 Å². The molecule has 7 heteroatoms. The van der Waals surface area contributed by atoms with Gasteiger partial charge in [-0.2, -0.15) is 0 Å². The van der Waals surface area contributed by atoms with Gasteiger partial charge in [-0.1, -0.05) is 18.2 Å². The molecule has 2 aromatic rings. The summed E-state index contributed by atoms with van der Waals surface area (Å²) in [4.78, 5) is 12.5. The molecule has 0 saturated carbocycles. The number of halogens is 1. The second kappa shape index (κ2) is 7.80. The number of thiophene rings is 1. The second-order valence-corrected chi connectivity index (χ2v) is 9.71. The lowest BCUT2D eigenvalue weighted by molar-refractivity contribution is -0.121. The van der Waals surface area contributed by atoms with E-state index >= 15 is 0 Å². The van der Waals surface area contributed by atoms with Gasteiger partial charge >= 0.3 is 0 Å². The normalized spacial score (nSPS) is 19.0. The van der Waals surface area contributed by atoms with Crippen molar-refractivity contribution in [3.63, 3.8) is 0 Å². The lowest BCUT2D eigenvalue weighted by atomic mass is 10.0. The summed E-state index contributed by atoms with van der Waals surface area (Å²) in [5.74, 6) is 1.02. The monoisotopic (exact) mass is 427 g/mol. The average molecular weight is 428 g/mol. The number of hydrogen-bond donors (Lipinski definition) is 1. The van der Waals surface area contributed by atoms with E-state index in [0.717, 1.165) is 27.1 Å². The molecular formula is C17H18BrNO3S2. The summed E-state index contributed by atoms with van der Waals surface area (Å²) in [6.07, 6.45) is 0.722. The zero-order valence-corrected chi connectivity index (χ0v) is 16.4. The van der Waals surface area contributed by atoms with Crippen LogP contribution < -0.4 is 10.1 Å². The van der Waals surface area contributed by atoms with Crippen LogP contribution in [0.5, 0.6) is 5.75 Å². The fraction of sp³-hybridized carbons (Fsp3) is 0.353. The zero-order valence-electron chi connectivity index (χ0n) is 13.2. The van der Waals surface area contributed by atoms with E-state index in [1.54, 1.807) is 18.3 Å². The Balaban J connectivity index is 1.63. The summed E-state index contributed by atoms with van der Waals surface area (Å²) < 4.78 is 19.1. The van der Waals surface area contributed by atoms with Crippen LogP contribution >= 0.6 is 27.3 Å². The maximum Gasteiger partial charge on any atom is 0.235 e. The Bertz CT molecular complexity index is 762. The molecule has 0 radical (unpaired) electrons. The molecule has 3 atom stereocenters. The van der Waals surface area contributed by atoms with Crippen LogP contribution in [0.2, 0.25) is 0 Å². The molecule has 0 bridgehead atoms. The van der Waals surface area contributed by atoms with Crippen LogP contribution in [0, 0.1) is 0 Å². The molecule has 1 N–H and O–H groups in total. The highest BCUT2D eigenvalue weighted by Crippen LogP contribution is 2.31. The van der Waals surface area contributed by atoms with E-state index in [0.29, 0.717) is 12.4 Å². The van der Waals surface area contributed by atoms with Crippen LogP contribution in [-0.2, 0) is 21.3 Å². The number of fused-ring (bicyclic) bond motifs is 1. The SMILES string of the molecule is C[C@H](C(=O)N[C@@H]1CCOc2ccccc21)[S@](=O)Cc1csc(Br)c1. The van der Waals surface area contributed by atoms with Crippen molar-refractivity contribution in [2.75, 3.05) is 6.61 Å². The molecule has 0 aliphatic carbocycles. The highest BCUT2D eigenvalue weighted by Gasteiger charge is 2.27. The summed E-state index contributed by atoms with van der Waals surface area (Å²) in [5.41, 5.74) is 1.97. The van der Waals surface area contributed by atoms with Crippen molar-refractivity contribution >= 4 is 44.0 Å². The van der Waals surface area contributed by atoms with Crippen molar-refractivity contribution in [2.24, 2.45) is 0 Å². The van der Waals surface area contributed by atoms with Crippen molar-refractivity contribution in [3.8, 4) is 5.75 Å². The minimum atomic E-state index is -1.25. The van der Waals surface area contributed by atoms with Crippen LogP contribution in [0.25, 0.3) is 0 Å². The molecule has 1 amide bonds. The van der Waals surface area contributed by atoms with Gasteiger partial charge in [-0.15, -0.1) is 11.3 Å².